The summed E-state index contributed by atoms with van der Waals surface area (Å²) in [5.74, 6) is -0.542. The maximum atomic E-state index is 10.8. The molecule has 0 radical (unpaired) electrons. The van der Waals surface area contributed by atoms with Crippen LogP contribution in [0.25, 0.3) is 0 Å². The molecule has 1 rings (SSSR count). The first-order chi connectivity index (χ1) is 7.79. The number of benzene rings is 1. The number of nitrogen functional groups attached to an aromatic ring is 1. The lowest BCUT2D eigenvalue weighted by molar-refractivity contribution is 0.0696. The second-order valence-corrected chi connectivity index (χ2v) is 5.22. The minimum Gasteiger partial charge on any atom is -0.491 e. The molecule has 0 fully saturated rings. The average Bonchev–Trinajstić information content (AvgIpc) is 2.18. The van der Waals surface area contributed by atoms with E-state index in [-0.39, 0.29) is 11.0 Å². The number of nitrogens with two attached hydrogens (primary N) is 1. The van der Waals surface area contributed by atoms with Crippen molar-refractivity contribution in [3.05, 3.63) is 23.8 Å². The van der Waals surface area contributed by atoms with Crippen molar-refractivity contribution in [1.82, 2.24) is 0 Å². The molecule has 0 aromatic heterocycles. The quantitative estimate of drug-likeness (QED) is 0.790. The number of anilines is 1. The van der Waals surface area contributed by atoms with E-state index in [1.54, 1.807) is 6.07 Å². The molecule has 0 saturated heterocycles. The topological polar surface area (TPSA) is 72.5 Å². The molecule has 4 heteroatoms. The smallest absolute Gasteiger partial charge is 0.335 e. The van der Waals surface area contributed by atoms with Gasteiger partial charge in [0.2, 0.25) is 0 Å². The summed E-state index contributed by atoms with van der Waals surface area (Å²) < 4.78 is 5.52. The van der Waals surface area contributed by atoms with Gasteiger partial charge in [-0.25, -0.2) is 4.79 Å². The Morgan fingerprint density at radius 1 is 1.41 bits per heavy atom. The molecule has 0 atom stereocenters. The van der Waals surface area contributed by atoms with Crippen LogP contribution in [-0.2, 0) is 0 Å². The highest BCUT2D eigenvalue weighted by Gasteiger charge is 2.12. The Morgan fingerprint density at radius 2 is 2.06 bits per heavy atom. The SMILES string of the molecule is CC(C)(C)CCOc1cc(C(=O)O)ccc1N. The Morgan fingerprint density at radius 3 is 2.59 bits per heavy atom. The number of carboxylic acids is 1. The molecule has 17 heavy (non-hydrogen) atoms. The van der Waals surface area contributed by atoms with E-state index >= 15 is 0 Å². The molecule has 0 bridgehead atoms. The van der Waals surface area contributed by atoms with Gasteiger partial charge in [-0.05, 0) is 30.0 Å². The summed E-state index contributed by atoms with van der Waals surface area (Å²) in [7, 11) is 0. The maximum absolute atomic E-state index is 10.8. The van der Waals surface area contributed by atoms with Crippen LogP contribution in [0.2, 0.25) is 0 Å². The fraction of sp³-hybridized carbons (Fsp3) is 0.462. The highest BCUT2D eigenvalue weighted by molar-refractivity contribution is 5.89. The zero-order valence-corrected chi connectivity index (χ0v) is 10.5. The lowest BCUT2D eigenvalue weighted by atomic mass is 9.93. The van der Waals surface area contributed by atoms with Crippen LogP contribution in [0.5, 0.6) is 5.75 Å². The third kappa shape index (κ3) is 4.34. The second-order valence-electron chi connectivity index (χ2n) is 5.22. The number of carbonyl (C=O) groups is 1. The summed E-state index contributed by atoms with van der Waals surface area (Å²) in [6.07, 6.45) is 0.879. The Hall–Kier alpha value is -1.71. The first kappa shape index (κ1) is 13.4. The van der Waals surface area contributed by atoms with Crippen molar-refractivity contribution in [2.75, 3.05) is 12.3 Å². The Bertz CT molecular complexity index is 408. The van der Waals surface area contributed by atoms with Crippen molar-refractivity contribution in [1.29, 1.82) is 0 Å². The van der Waals surface area contributed by atoms with E-state index < -0.39 is 5.97 Å². The normalized spacial score (nSPS) is 11.2. The van der Waals surface area contributed by atoms with Crippen LogP contribution < -0.4 is 10.5 Å². The summed E-state index contributed by atoms with van der Waals surface area (Å²) in [5.41, 5.74) is 6.55. The monoisotopic (exact) mass is 237 g/mol. The molecule has 4 nitrogen and oxygen atoms in total. The summed E-state index contributed by atoms with van der Waals surface area (Å²) >= 11 is 0. The van der Waals surface area contributed by atoms with Crippen molar-refractivity contribution in [2.45, 2.75) is 27.2 Å². The minimum absolute atomic E-state index is 0.180. The molecule has 0 aliphatic rings. The van der Waals surface area contributed by atoms with Crippen LogP contribution >= 0.6 is 0 Å². The van der Waals surface area contributed by atoms with Gasteiger partial charge >= 0.3 is 5.97 Å². The molecule has 0 aliphatic heterocycles. The predicted molar refractivity (Wildman–Crippen MR) is 67.4 cm³/mol. The minimum atomic E-state index is -0.981. The summed E-state index contributed by atoms with van der Waals surface area (Å²) in [5, 5.41) is 8.86. The molecule has 94 valence electrons. The molecule has 0 heterocycles. The summed E-state index contributed by atoms with van der Waals surface area (Å²) in [4.78, 5) is 10.8. The maximum Gasteiger partial charge on any atom is 0.335 e. The standard InChI is InChI=1S/C13H19NO3/c1-13(2,3)6-7-17-11-8-9(12(15)16)4-5-10(11)14/h4-5,8H,6-7,14H2,1-3H3,(H,15,16). The van der Waals surface area contributed by atoms with Crippen LogP contribution in [0.3, 0.4) is 0 Å². The zero-order chi connectivity index (χ0) is 13.1. The predicted octanol–water partition coefficient (Wildman–Crippen LogP) is 2.78. The third-order valence-corrected chi connectivity index (χ3v) is 2.37. The Kier molecular flexibility index (Phi) is 3.99. The van der Waals surface area contributed by atoms with Crippen LogP contribution in [0.15, 0.2) is 18.2 Å². The van der Waals surface area contributed by atoms with Gasteiger partial charge in [0, 0.05) is 0 Å². The molecule has 0 spiro atoms. The number of rotatable bonds is 4. The van der Waals surface area contributed by atoms with E-state index in [1.807, 2.05) is 0 Å². The number of carboxylic acid groups (broad SMARTS) is 1. The molecule has 1 aromatic carbocycles. The van der Waals surface area contributed by atoms with Gasteiger partial charge in [-0.3, -0.25) is 0 Å². The summed E-state index contributed by atoms with van der Waals surface area (Å²) in [6, 6.07) is 4.48. The van der Waals surface area contributed by atoms with Crippen molar-refractivity contribution >= 4 is 11.7 Å². The lowest BCUT2D eigenvalue weighted by Crippen LogP contribution is -2.12. The van der Waals surface area contributed by atoms with E-state index in [0.29, 0.717) is 18.0 Å². The fourth-order valence-electron chi connectivity index (χ4n) is 1.26. The molecule has 0 unspecified atom stereocenters. The molecule has 1 aromatic rings. The first-order valence-corrected chi connectivity index (χ1v) is 5.55. The highest BCUT2D eigenvalue weighted by atomic mass is 16.5. The molecular weight excluding hydrogens is 218 g/mol. The van der Waals surface area contributed by atoms with Gasteiger partial charge in [-0.15, -0.1) is 0 Å². The van der Waals surface area contributed by atoms with Crippen molar-refractivity contribution in [2.24, 2.45) is 5.41 Å². The van der Waals surface area contributed by atoms with Gasteiger partial charge in [-0.1, -0.05) is 20.8 Å². The van der Waals surface area contributed by atoms with E-state index in [4.69, 9.17) is 15.6 Å². The molecule has 3 N–H and O–H groups in total. The highest BCUT2D eigenvalue weighted by Crippen LogP contribution is 2.25. The molecular formula is C13H19NO3. The number of aromatic carboxylic acids is 1. The second kappa shape index (κ2) is 5.08. The van der Waals surface area contributed by atoms with Crippen LogP contribution in [0.1, 0.15) is 37.6 Å². The lowest BCUT2D eigenvalue weighted by Gasteiger charge is -2.18. The van der Waals surface area contributed by atoms with Crippen molar-refractivity contribution < 1.29 is 14.6 Å². The Labute approximate surface area is 101 Å². The van der Waals surface area contributed by atoms with E-state index in [0.717, 1.165) is 6.42 Å². The van der Waals surface area contributed by atoms with E-state index in [9.17, 15) is 4.79 Å². The molecule has 0 amide bonds. The van der Waals surface area contributed by atoms with E-state index in [1.165, 1.54) is 12.1 Å². The van der Waals surface area contributed by atoms with Gasteiger partial charge < -0.3 is 15.6 Å². The third-order valence-electron chi connectivity index (χ3n) is 2.37. The van der Waals surface area contributed by atoms with Gasteiger partial charge in [0.05, 0.1) is 17.9 Å². The van der Waals surface area contributed by atoms with Gasteiger partial charge in [-0.2, -0.15) is 0 Å². The van der Waals surface area contributed by atoms with Crippen LogP contribution in [0.4, 0.5) is 5.69 Å². The Balaban J connectivity index is 2.70. The number of hydrogen-bond donors (Lipinski definition) is 2. The van der Waals surface area contributed by atoms with Crippen LogP contribution in [-0.4, -0.2) is 17.7 Å². The van der Waals surface area contributed by atoms with Crippen molar-refractivity contribution in [3.63, 3.8) is 0 Å². The van der Waals surface area contributed by atoms with Crippen LogP contribution in [0, 0.1) is 5.41 Å². The van der Waals surface area contributed by atoms with Crippen molar-refractivity contribution in [3.8, 4) is 5.75 Å². The number of ether oxygens (including phenoxy) is 1. The van der Waals surface area contributed by atoms with Gasteiger partial charge in [0.25, 0.3) is 0 Å². The molecule has 0 saturated carbocycles. The molecule has 0 aliphatic carbocycles. The van der Waals surface area contributed by atoms with Gasteiger partial charge in [0.1, 0.15) is 5.75 Å². The summed E-state index contributed by atoms with van der Waals surface area (Å²) in [6.45, 7) is 6.88. The van der Waals surface area contributed by atoms with E-state index in [2.05, 4.69) is 20.8 Å². The van der Waals surface area contributed by atoms with Gasteiger partial charge in [0.15, 0.2) is 0 Å². The first-order valence-electron chi connectivity index (χ1n) is 5.55. The average molecular weight is 237 g/mol. The zero-order valence-electron chi connectivity index (χ0n) is 10.5. The number of hydrogen-bond acceptors (Lipinski definition) is 3. The largest absolute Gasteiger partial charge is 0.491 e. The fourth-order valence-corrected chi connectivity index (χ4v) is 1.26.